The molecular weight excluding hydrogens is 290 g/mol. The number of nitrogens with one attached hydrogen (secondary N) is 2. The highest BCUT2D eigenvalue weighted by Crippen LogP contribution is 2.12. The standard InChI is InChI=1S/C16H14F2N2O2/c1-19-15(21)11-7-5-10(6-8-11)9-20-16(22)14-12(17)3-2-4-13(14)18/h2-8H,9H2,1H3,(H,19,21)(H,20,22). The van der Waals surface area contributed by atoms with Gasteiger partial charge in [0, 0.05) is 19.2 Å². The quantitative estimate of drug-likeness (QED) is 0.910. The summed E-state index contributed by atoms with van der Waals surface area (Å²) in [6.45, 7) is 0.0978. The summed E-state index contributed by atoms with van der Waals surface area (Å²) in [5.41, 5.74) is 0.583. The molecule has 0 unspecified atom stereocenters. The number of rotatable bonds is 4. The van der Waals surface area contributed by atoms with Gasteiger partial charge in [-0.1, -0.05) is 18.2 Å². The molecule has 2 aromatic carbocycles. The molecule has 2 amide bonds. The fourth-order valence-corrected chi connectivity index (χ4v) is 1.90. The maximum Gasteiger partial charge on any atom is 0.257 e. The molecule has 0 saturated heterocycles. The van der Waals surface area contributed by atoms with Crippen LogP contribution in [0.3, 0.4) is 0 Å². The van der Waals surface area contributed by atoms with Gasteiger partial charge in [-0.05, 0) is 29.8 Å². The van der Waals surface area contributed by atoms with Crippen LogP contribution in [0.5, 0.6) is 0 Å². The number of halogens is 2. The molecule has 0 spiro atoms. The van der Waals surface area contributed by atoms with Gasteiger partial charge in [-0.2, -0.15) is 0 Å². The first-order chi connectivity index (χ1) is 10.5. The van der Waals surface area contributed by atoms with Gasteiger partial charge in [0.25, 0.3) is 11.8 Å². The molecule has 22 heavy (non-hydrogen) atoms. The maximum atomic E-state index is 13.5. The van der Waals surface area contributed by atoms with Crippen molar-refractivity contribution in [2.24, 2.45) is 0 Å². The van der Waals surface area contributed by atoms with E-state index in [0.29, 0.717) is 11.1 Å². The van der Waals surface area contributed by atoms with E-state index in [1.807, 2.05) is 0 Å². The third-order valence-electron chi connectivity index (χ3n) is 3.09. The third-order valence-corrected chi connectivity index (χ3v) is 3.09. The molecule has 2 rings (SSSR count). The van der Waals surface area contributed by atoms with Gasteiger partial charge in [-0.25, -0.2) is 8.78 Å². The second kappa shape index (κ2) is 6.80. The minimum atomic E-state index is -0.910. The molecular formula is C16H14F2N2O2. The van der Waals surface area contributed by atoms with Crippen LogP contribution in [0.25, 0.3) is 0 Å². The molecule has 0 heterocycles. The van der Waals surface area contributed by atoms with Gasteiger partial charge < -0.3 is 10.6 Å². The van der Waals surface area contributed by atoms with Crippen LogP contribution >= 0.6 is 0 Å². The Morgan fingerprint density at radius 1 is 0.955 bits per heavy atom. The van der Waals surface area contributed by atoms with Crippen molar-refractivity contribution in [1.82, 2.24) is 10.6 Å². The van der Waals surface area contributed by atoms with Gasteiger partial charge in [0.1, 0.15) is 17.2 Å². The van der Waals surface area contributed by atoms with Gasteiger partial charge >= 0.3 is 0 Å². The van der Waals surface area contributed by atoms with Crippen molar-refractivity contribution in [3.63, 3.8) is 0 Å². The summed E-state index contributed by atoms with van der Waals surface area (Å²) in [6.07, 6.45) is 0. The lowest BCUT2D eigenvalue weighted by molar-refractivity contribution is 0.0938. The highest BCUT2D eigenvalue weighted by molar-refractivity contribution is 5.95. The van der Waals surface area contributed by atoms with E-state index in [1.54, 1.807) is 24.3 Å². The van der Waals surface area contributed by atoms with Crippen LogP contribution in [-0.4, -0.2) is 18.9 Å². The first-order valence-electron chi connectivity index (χ1n) is 6.56. The molecule has 0 atom stereocenters. The molecule has 0 bridgehead atoms. The average Bonchev–Trinajstić information content (AvgIpc) is 2.52. The summed E-state index contributed by atoms with van der Waals surface area (Å²) in [4.78, 5) is 23.2. The zero-order chi connectivity index (χ0) is 16.1. The van der Waals surface area contributed by atoms with Crippen LogP contribution in [0, 0.1) is 11.6 Å². The van der Waals surface area contributed by atoms with Crippen molar-refractivity contribution < 1.29 is 18.4 Å². The Kier molecular flexibility index (Phi) is 4.83. The second-order valence-corrected chi connectivity index (χ2v) is 4.56. The van der Waals surface area contributed by atoms with E-state index >= 15 is 0 Å². The van der Waals surface area contributed by atoms with E-state index in [4.69, 9.17) is 0 Å². The van der Waals surface area contributed by atoms with Crippen LogP contribution in [0.4, 0.5) is 8.78 Å². The molecule has 6 heteroatoms. The molecule has 114 valence electrons. The molecule has 0 aliphatic carbocycles. The highest BCUT2D eigenvalue weighted by atomic mass is 19.1. The molecule has 0 aromatic heterocycles. The van der Waals surface area contributed by atoms with E-state index < -0.39 is 23.1 Å². The van der Waals surface area contributed by atoms with Crippen molar-refractivity contribution in [1.29, 1.82) is 0 Å². The Hall–Kier alpha value is -2.76. The lowest BCUT2D eigenvalue weighted by atomic mass is 10.1. The van der Waals surface area contributed by atoms with Crippen LogP contribution < -0.4 is 10.6 Å². The van der Waals surface area contributed by atoms with Crippen molar-refractivity contribution in [2.75, 3.05) is 7.05 Å². The van der Waals surface area contributed by atoms with Gasteiger partial charge in [0.15, 0.2) is 0 Å². The molecule has 0 fully saturated rings. The SMILES string of the molecule is CNC(=O)c1ccc(CNC(=O)c2c(F)cccc2F)cc1. The normalized spacial score (nSPS) is 10.1. The topological polar surface area (TPSA) is 58.2 Å². The minimum Gasteiger partial charge on any atom is -0.355 e. The van der Waals surface area contributed by atoms with Crippen LogP contribution in [-0.2, 0) is 6.54 Å². The Morgan fingerprint density at radius 2 is 1.55 bits per heavy atom. The van der Waals surface area contributed by atoms with Crippen LogP contribution in [0.1, 0.15) is 26.3 Å². The Bertz CT molecular complexity index is 680. The van der Waals surface area contributed by atoms with E-state index in [0.717, 1.165) is 12.1 Å². The Morgan fingerprint density at radius 3 is 2.09 bits per heavy atom. The molecule has 0 aliphatic heterocycles. The van der Waals surface area contributed by atoms with E-state index in [2.05, 4.69) is 10.6 Å². The smallest absolute Gasteiger partial charge is 0.257 e. The van der Waals surface area contributed by atoms with Crippen molar-refractivity contribution in [3.8, 4) is 0 Å². The summed E-state index contributed by atoms with van der Waals surface area (Å²) < 4.78 is 26.9. The van der Waals surface area contributed by atoms with E-state index in [1.165, 1.54) is 13.1 Å². The van der Waals surface area contributed by atoms with Gasteiger partial charge in [-0.3, -0.25) is 9.59 Å². The number of carbonyl (C=O) groups is 2. The molecule has 0 saturated carbocycles. The van der Waals surface area contributed by atoms with Gasteiger partial charge in [-0.15, -0.1) is 0 Å². The van der Waals surface area contributed by atoms with Crippen molar-refractivity contribution in [2.45, 2.75) is 6.54 Å². The predicted octanol–water partition coefficient (Wildman–Crippen LogP) is 2.25. The fraction of sp³-hybridized carbons (Fsp3) is 0.125. The predicted molar refractivity (Wildman–Crippen MR) is 77.4 cm³/mol. The number of hydrogen-bond donors (Lipinski definition) is 2. The number of benzene rings is 2. The molecule has 4 nitrogen and oxygen atoms in total. The lowest BCUT2D eigenvalue weighted by Crippen LogP contribution is -2.25. The second-order valence-electron chi connectivity index (χ2n) is 4.56. The first-order valence-corrected chi connectivity index (χ1v) is 6.56. The molecule has 0 aliphatic rings. The molecule has 2 aromatic rings. The number of amides is 2. The van der Waals surface area contributed by atoms with Crippen LogP contribution in [0.15, 0.2) is 42.5 Å². The Labute approximate surface area is 126 Å². The first kappa shape index (κ1) is 15.6. The Balaban J connectivity index is 2.04. The number of hydrogen-bond acceptors (Lipinski definition) is 2. The highest BCUT2D eigenvalue weighted by Gasteiger charge is 2.16. The minimum absolute atomic E-state index is 0.0978. The molecule has 0 radical (unpaired) electrons. The summed E-state index contributed by atoms with van der Waals surface area (Å²) in [6, 6.07) is 9.75. The summed E-state index contributed by atoms with van der Waals surface area (Å²) in [7, 11) is 1.53. The zero-order valence-electron chi connectivity index (χ0n) is 11.8. The van der Waals surface area contributed by atoms with Gasteiger partial charge in [0.05, 0.1) is 0 Å². The average molecular weight is 304 g/mol. The summed E-state index contributed by atoms with van der Waals surface area (Å²) in [5, 5.41) is 4.93. The van der Waals surface area contributed by atoms with Crippen molar-refractivity contribution >= 4 is 11.8 Å². The van der Waals surface area contributed by atoms with Gasteiger partial charge in [0.2, 0.25) is 0 Å². The third kappa shape index (κ3) is 3.46. The summed E-state index contributed by atoms with van der Waals surface area (Å²) >= 11 is 0. The monoisotopic (exact) mass is 304 g/mol. The summed E-state index contributed by atoms with van der Waals surface area (Å²) in [5.74, 6) is -2.87. The lowest BCUT2D eigenvalue weighted by Gasteiger charge is -2.08. The van der Waals surface area contributed by atoms with Crippen LogP contribution in [0.2, 0.25) is 0 Å². The number of carbonyl (C=O) groups excluding carboxylic acids is 2. The fourth-order valence-electron chi connectivity index (χ4n) is 1.90. The van der Waals surface area contributed by atoms with E-state index in [9.17, 15) is 18.4 Å². The largest absolute Gasteiger partial charge is 0.355 e. The van der Waals surface area contributed by atoms with E-state index in [-0.39, 0.29) is 12.5 Å². The van der Waals surface area contributed by atoms with Crippen molar-refractivity contribution in [3.05, 3.63) is 70.8 Å². The maximum absolute atomic E-state index is 13.5. The zero-order valence-corrected chi connectivity index (χ0v) is 11.8. The molecule has 2 N–H and O–H groups in total.